The summed E-state index contributed by atoms with van der Waals surface area (Å²) < 4.78 is 41.5. The maximum atomic E-state index is 12.4. The molecule has 1 N–H and O–H groups in total. The van der Waals surface area contributed by atoms with Crippen LogP contribution < -0.4 is 61.5 Å². The predicted molar refractivity (Wildman–Crippen MR) is 66.1 cm³/mol. The van der Waals surface area contributed by atoms with Gasteiger partial charge in [-0.15, -0.1) is 0 Å². The topological polar surface area (TPSA) is 38.3 Å². The van der Waals surface area contributed by atoms with Gasteiger partial charge in [-0.25, -0.2) is 4.79 Å². The smallest absolute Gasteiger partial charge is 0.444 e. The minimum atomic E-state index is -4.97. The average Bonchev–Trinajstić information content (AvgIpc) is 2.59. The fourth-order valence-corrected chi connectivity index (χ4v) is 1.99. The molecular weight excluding hydrogens is 305 g/mol. The molecule has 0 radical (unpaired) electrons. The molecule has 19 heavy (non-hydrogen) atoms. The molecule has 0 spiro atoms. The van der Waals surface area contributed by atoms with Crippen LogP contribution in [0.25, 0.3) is 0 Å². The van der Waals surface area contributed by atoms with Crippen molar-refractivity contribution < 1.29 is 73.9 Å². The monoisotopic (exact) mass is 319 g/mol. The molecule has 1 aromatic heterocycles. The Morgan fingerprint density at radius 1 is 1.37 bits per heavy atom. The van der Waals surface area contributed by atoms with Crippen LogP contribution in [0.3, 0.4) is 0 Å². The molecule has 0 aliphatic heterocycles. The van der Waals surface area contributed by atoms with Crippen LogP contribution in [-0.4, -0.2) is 18.7 Å². The molecule has 0 saturated carbocycles. The SMILES string of the molecule is CC(C)(C)OC(=O)NCc1ccc([B-](F)(F)F)s1.[K+]. The molecule has 0 saturated heterocycles. The maximum absolute atomic E-state index is 12.4. The zero-order valence-corrected chi connectivity index (χ0v) is 15.2. The first-order valence-corrected chi connectivity index (χ1v) is 6.15. The van der Waals surface area contributed by atoms with Gasteiger partial charge in [0.15, 0.2) is 0 Å². The molecule has 0 bridgehead atoms. The Kier molecular flexibility index (Phi) is 7.65. The van der Waals surface area contributed by atoms with E-state index in [0.29, 0.717) is 16.2 Å². The Balaban J connectivity index is 0.00000324. The van der Waals surface area contributed by atoms with E-state index in [-0.39, 0.29) is 57.9 Å². The fraction of sp³-hybridized carbons (Fsp3) is 0.500. The number of hydrogen-bond acceptors (Lipinski definition) is 3. The van der Waals surface area contributed by atoms with Crippen LogP contribution in [0.15, 0.2) is 12.1 Å². The number of alkyl carbamates (subject to hydrolysis) is 1. The predicted octanol–water partition coefficient (Wildman–Crippen LogP) is -0.169. The molecule has 1 amide bonds. The summed E-state index contributed by atoms with van der Waals surface area (Å²) in [5.41, 5.74) is -0.625. The van der Waals surface area contributed by atoms with Crippen LogP contribution in [0.4, 0.5) is 17.7 Å². The number of ether oxygens (including phenoxy) is 1. The first kappa shape index (κ1) is 19.5. The second-order valence-corrected chi connectivity index (χ2v) is 5.93. The summed E-state index contributed by atoms with van der Waals surface area (Å²) in [6.45, 7) is 0.199. The van der Waals surface area contributed by atoms with Crippen molar-refractivity contribution in [3.05, 3.63) is 17.0 Å². The number of rotatable bonds is 3. The van der Waals surface area contributed by atoms with Gasteiger partial charge in [0.25, 0.3) is 0 Å². The first-order valence-electron chi connectivity index (χ1n) is 5.33. The van der Waals surface area contributed by atoms with Crippen molar-refractivity contribution in [1.82, 2.24) is 5.32 Å². The summed E-state index contributed by atoms with van der Waals surface area (Å²) >= 11 is 0.632. The third kappa shape index (κ3) is 7.72. The summed E-state index contributed by atoms with van der Waals surface area (Å²) in [6, 6.07) is 2.38. The van der Waals surface area contributed by atoms with Gasteiger partial charge in [0.05, 0.1) is 6.54 Å². The van der Waals surface area contributed by atoms with E-state index in [1.165, 1.54) is 6.07 Å². The quantitative estimate of drug-likeness (QED) is 0.786. The van der Waals surface area contributed by atoms with Gasteiger partial charge in [-0.2, -0.15) is 11.3 Å². The van der Waals surface area contributed by atoms with Crippen LogP contribution >= 0.6 is 11.3 Å². The number of hydrogen-bond donors (Lipinski definition) is 1. The molecule has 0 aromatic carbocycles. The minimum absolute atomic E-state index is 0. The Morgan fingerprint density at radius 2 is 1.95 bits per heavy atom. The van der Waals surface area contributed by atoms with Crippen molar-refractivity contribution in [3.63, 3.8) is 0 Å². The van der Waals surface area contributed by atoms with Crippen molar-refractivity contribution in [3.8, 4) is 0 Å². The molecule has 0 atom stereocenters. The normalized spacial score (nSPS) is 11.7. The van der Waals surface area contributed by atoms with Gasteiger partial charge in [-0.3, -0.25) is 0 Å². The van der Waals surface area contributed by atoms with Gasteiger partial charge in [0, 0.05) is 4.88 Å². The van der Waals surface area contributed by atoms with Crippen LogP contribution in [0.1, 0.15) is 25.6 Å². The van der Waals surface area contributed by atoms with E-state index in [4.69, 9.17) is 4.74 Å². The van der Waals surface area contributed by atoms with Crippen LogP contribution in [0, 0.1) is 0 Å². The van der Waals surface area contributed by atoms with Gasteiger partial charge < -0.3 is 23.0 Å². The van der Waals surface area contributed by atoms with Crippen molar-refractivity contribution in [2.24, 2.45) is 0 Å². The molecule has 0 aliphatic rings. The number of thiophene rings is 1. The fourth-order valence-electron chi connectivity index (χ4n) is 1.14. The molecule has 1 aromatic rings. The van der Waals surface area contributed by atoms with Crippen LogP contribution in [-0.2, 0) is 11.3 Å². The van der Waals surface area contributed by atoms with Crippen molar-refractivity contribution in [2.75, 3.05) is 0 Å². The summed E-state index contributed by atoms with van der Waals surface area (Å²) in [4.78, 5) is 11.7. The number of carbonyl (C=O) groups is 1. The standard InChI is InChI=1S/C10H14BF3NO2S.K/c1-10(2,3)17-9(16)15-6-7-4-5-8(18-7)11(12,13)14;/h4-5H,6H2,1-3H3,(H,15,16);/q-1;+1. The number of halogens is 3. The molecule has 102 valence electrons. The van der Waals surface area contributed by atoms with Gasteiger partial charge in [0.1, 0.15) is 5.60 Å². The minimum Gasteiger partial charge on any atom is -0.444 e. The van der Waals surface area contributed by atoms with Gasteiger partial charge in [-0.1, -0.05) is 10.8 Å². The number of amides is 1. The van der Waals surface area contributed by atoms with E-state index < -0.39 is 23.4 Å². The Morgan fingerprint density at radius 3 is 2.37 bits per heavy atom. The van der Waals surface area contributed by atoms with E-state index in [1.54, 1.807) is 20.8 Å². The summed E-state index contributed by atoms with van der Waals surface area (Å²) in [7, 11) is 0. The van der Waals surface area contributed by atoms with Crippen molar-refractivity contribution in [2.45, 2.75) is 32.9 Å². The Bertz CT molecular complexity index is 431. The Labute approximate surface area is 156 Å². The number of carbonyl (C=O) groups excluding carboxylic acids is 1. The maximum Gasteiger partial charge on any atom is 1.00 e. The van der Waals surface area contributed by atoms with Gasteiger partial charge >= 0.3 is 64.5 Å². The molecule has 1 rings (SSSR count). The molecule has 9 heteroatoms. The van der Waals surface area contributed by atoms with Crippen LogP contribution in [0.5, 0.6) is 0 Å². The molecule has 0 unspecified atom stereocenters. The zero-order chi connectivity index (χ0) is 14.0. The van der Waals surface area contributed by atoms with E-state index in [9.17, 15) is 17.7 Å². The van der Waals surface area contributed by atoms with Gasteiger partial charge in [-0.05, 0) is 26.8 Å². The third-order valence-electron chi connectivity index (χ3n) is 1.81. The second-order valence-electron chi connectivity index (χ2n) is 4.73. The average molecular weight is 319 g/mol. The molecular formula is C10H14BF3KNO2S. The van der Waals surface area contributed by atoms with Gasteiger partial charge in [0.2, 0.25) is 0 Å². The molecule has 1 heterocycles. The van der Waals surface area contributed by atoms with Crippen LogP contribution in [0.2, 0.25) is 0 Å². The Hall–Kier alpha value is 0.461. The third-order valence-corrected chi connectivity index (χ3v) is 2.99. The van der Waals surface area contributed by atoms with E-state index in [0.717, 1.165) is 6.07 Å². The molecule has 0 fully saturated rings. The second kappa shape index (κ2) is 7.46. The molecule has 0 aliphatic carbocycles. The van der Waals surface area contributed by atoms with E-state index in [2.05, 4.69) is 5.32 Å². The van der Waals surface area contributed by atoms with Crippen molar-refractivity contribution in [1.29, 1.82) is 0 Å². The first-order chi connectivity index (χ1) is 8.08. The van der Waals surface area contributed by atoms with Crippen molar-refractivity contribution >= 4 is 29.2 Å². The number of nitrogens with one attached hydrogen (secondary N) is 1. The summed E-state index contributed by atoms with van der Waals surface area (Å²) in [5, 5.41) is 2.41. The zero-order valence-electron chi connectivity index (χ0n) is 11.3. The molecule has 3 nitrogen and oxygen atoms in total. The summed E-state index contributed by atoms with van der Waals surface area (Å²) in [6.07, 6.45) is -0.644. The summed E-state index contributed by atoms with van der Waals surface area (Å²) in [5.74, 6) is 0. The largest absolute Gasteiger partial charge is 1.00 e. The van der Waals surface area contributed by atoms with E-state index in [1.807, 2.05) is 0 Å². The van der Waals surface area contributed by atoms with E-state index >= 15 is 0 Å².